The van der Waals surface area contributed by atoms with Crippen LogP contribution >= 0.6 is 15.9 Å². The summed E-state index contributed by atoms with van der Waals surface area (Å²) in [5, 5.41) is 0. The Morgan fingerprint density at radius 3 is 2.69 bits per heavy atom. The Balaban J connectivity index is 2.96. The predicted molar refractivity (Wildman–Crippen MR) is 69.5 cm³/mol. The molecular formula is C12H17BrN2O. The smallest absolute Gasteiger partial charge is 0.255 e. The molecule has 4 heteroatoms. The van der Waals surface area contributed by atoms with Crippen LogP contribution in [-0.2, 0) is 0 Å². The first kappa shape index (κ1) is 13.2. The SMILES string of the molecule is Cc1ccc(C(=O)N(C)C(C)CN)c(Br)c1. The molecule has 88 valence electrons. The topological polar surface area (TPSA) is 46.3 Å². The second-order valence-electron chi connectivity index (χ2n) is 3.98. The second-order valence-corrected chi connectivity index (χ2v) is 4.84. The molecule has 0 radical (unpaired) electrons. The zero-order chi connectivity index (χ0) is 12.3. The summed E-state index contributed by atoms with van der Waals surface area (Å²) in [6, 6.07) is 5.75. The van der Waals surface area contributed by atoms with Crippen LogP contribution in [0.1, 0.15) is 22.8 Å². The van der Waals surface area contributed by atoms with Gasteiger partial charge in [0.2, 0.25) is 0 Å². The van der Waals surface area contributed by atoms with Crippen molar-refractivity contribution >= 4 is 21.8 Å². The maximum Gasteiger partial charge on any atom is 0.255 e. The van der Waals surface area contributed by atoms with Crippen LogP contribution in [0.3, 0.4) is 0 Å². The Labute approximate surface area is 105 Å². The van der Waals surface area contributed by atoms with E-state index in [-0.39, 0.29) is 11.9 Å². The molecule has 1 aromatic rings. The van der Waals surface area contributed by atoms with Crippen molar-refractivity contribution in [1.29, 1.82) is 0 Å². The number of carbonyl (C=O) groups excluding carboxylic acids is 1. The highest BCUT2D eigenvalue weighted by Gasteiger charge is 2.18. The van der Waals surface area contributed by atoms with Gasteiger partial charge in [0.25, 0.3) is 5.91 Å². The molecule has 0 aliphatic carbocycles. The lowest BCUT2D eigenvalue weighted by Crippen LogP contribution is -2.39. The van der Waals surface area contributed by atoms with Gasteiger partial charge in [-0.2, -0.15) is 0 Å². The van der Waals surface area contributed by atoms with Crippen molar-refractivity contribution in [3.63, 3.8) is 0 Å². The van der Waals surface area contributed by atoms with Crippen molar-refractivity contribution in [2.24, 2.45) is 5.73 Å². The van der Waals surface area contributed by atoms with Gasteiger partial charge in [-0.1, -0.05) is 6.07 Å². The van der Waals surface area contributed by atoms with Crippen LogP contribution in [0.5, 0.6) is 0 Å². The number of likely N-dealkylation sites (N-methyl/N-ethyl adjacent to an activating group) is 1. The van der Waals surface area contributed by atoms with Gasteiger partial charge in [0.05, 0.1) is 5.56 Å². The third kappa shape index (κ3) is 2.83. The first-order chi connectivity index (χ1) is 7.47. The Morgan fingerprint density at radius 2 is 2.19 bits per heavy atom. The van der Waals surface area contributed by atoms with E-state index in [0.29, 0.717) is 12.1 Å². The highest BCUT2D eigenvalue weighted by Crippen LogP contribution is 2.20. The number of hydrogen-bond donors (Lipinski definition) is 1. The predicted octanol–water partition coefficient (Wildman–Crippen LogP) is 2.18. The summed E-state index contributed by atoms with van der Waals surface area (Å²) in [7, 11) is 1.77. The number of aryl methyl sites for hydroxylation is 1. The van der Waals surface area contributed by atoms with Gasteiger partial charge < -0.3 is 10.6 Å². The molecule has 0 aliphatic heterocycles. The van der Waals surface area contributed by atoms with Gasteiger partial charge in [-0.3, -0.25) is 4.79 Å². The first-order valence-electron chi connectivity index (χ1n) is 5.20. The first-order valence-corrected chi connectivity index (χ1v) is 6.00. The van der Waals surface area contributed by atoms with Gasteiger partial charge in [0.1, 0.15) is 0 Å². The van der Waals surface area contributed by atoms with Crippen LogP contribution in [0.25, 0.3) is 0 Å². The summed E-state index contributed by atoms with van der Waals surface area (Å²) in [6.07, 6.45) is 0. The molecule has 1 aromatic carbocycles. The molecular weight excluding hydrogens is 268 g/mol. The molecule has 1 unspecified atom stereocenters. The molecule has 0 heterocycles. The molecule has 1 amide bonds. The number of nitrogens with two attached hydrogens (primary N) is 1. The summed E-state index contributed by atoms with van der Waals surface area (Å²) in [5.74, 6) is -0.00942. The average molecular weight is 285 g/mol. The van der Waals surface area contributed by atoms with Gasteiger partial charge in [-0.25, -0.2) is 0 Å². The summed E-state index contributed by atoms with van der Waals surface area (Å²) < 4.78 is 0.827. The fraction of sp³-hybridized carbons (Fsp3) is 0.417. The van der Waals surface area contributed by atoms with E-state index in [0.717, 1.165) is 10.0 Å². The molecule has 0 fully saturated rings. The molecule has 16 heavy (non-hydrogen) atoms. The molecule has 0 spiro atoms. The molecule has 0 saturated heterocycles. The Morgan fingerprint density at radius 1 is 1.56 bits per heavy atom. The zero-order valence-corrected chi connectivity index (χ0v) is 11.4. The van der Waals surface area contributed by atoms with Gasteiger partial charge >= 0.3 is 0 Å². The number of halogens is 1. The molecule has 3 nitrogen and oxygen atoms in total. The van der Waals surface area contributed by atoms with E-state index in [4.69, 9.17) is 5.73 Å². The number of carbonyl (C=O) groups is 1. The van der Waals surface area contributed by atoms with Crippen molar-refractivity contribution in [3.8, 4) is 0 Å². The monoisotopic (exact) mass is 284 g/mol. The fourth-order valence-electron chi connectivity index (χ4n) is 1.34. The van der Waals surface area contributed by atoms with Crippen LogP contribution in [0.15, 0.2) is 22.7 Å². The zero-order valence-electron chi connectivity index (χ0n) is 9.83. The minimum atomic E-state index is -0.00942. The lowest BCUT2D eigenvalue weighted by Gasteiger charge is -2.24. The second kappa shape index (κ2) is 5.46. The standard InChI is InChI=1S/C12H17BrN2O/c1-8-4-5-10(11(13)6-8)12(16)15(3)9(2)7-14/h4-6,9H,7,14H2,1-3H3. The van der Waals surface area contributed by atoms with E-state index >= 15 is 0 Å². The quantitative estimate of drug-likeness (QED) is 0.925. The van der Waals surface area contributed by atoms with Gasteiger partial charge in [-0.05, 0) is 47.5 Å². The Kier molecular flexibility index (Phi) is 4.50. The lowest BCUT2D eigenvalue weighted by atomic mass is 10.1. The van der Waals surface area contributed by atoms with E-state index in [1.165, 1.54) is 0 Å². The molecule has 0 aliphatic rings. The Bertz CT molecular complexity index is 393. The minimum Gasteiger partial charge on any atom is -0.338 e. The number of rotatable bonds is 3. The maximum absolute atomic E-state index is 12.1. The molecule has 1 rings (SSSR count). The number of amides is 1. The fourth-order valence-corrected chi connectivity index (χ4v) is 2.00. The van der Waals surface area contributed by atoms with Crippen LogP contribution < -0.4 is 5.73 Å². The van der Waals surface area contributed by atoms with Crippen molar-refractivity contribution < 1.29 is 4.79 Å². The summed E-state index contributed by atoms with van der Waals surface area (Å²) in [6.45, 7) is 4.39. The van der Waals surface area contributed by atoms with Crippen LogP contribution in [0.4, 0.5) is 0 Å². The van der Waals surface area contributed by atoms with Crippen molar-refractivity contribution in [3.05, 3.63) is 33.8 Å². The van der Waals surface area contributed by atoms with E-state index in [1.54, 1.807) is 11.9 Å². The van der Waals surface area contributed by atoms with E-state index in [1.807, 2.05) is 32.0 Å². The van der Waals surface area contributed by atoms with Crippen molar-refractivity contribution in [1.82, 2.24) is 4.90 Å². The normalized spacial score (nSPS) is 12.3. The van der Waals surface area contributed by atoms with Crippen LogP contribution in [-0.4, -0.2) is 30.4 Å². The average Bonchev–Trinajstić information content (AvgIpc) is 2.26. The maximum atomic E-state index is 12.1. The number of benzene rings is 1. The molecule has 2 N–H and O–H groups in total. The molecule has 0 aromatic heterocycles. The van der Waals surface area contributed by atoms with Gasteiger partial charge in [0.15, 0.2) is 0 Å². The summed E-state index contributed by atoms with van der Waals surface area (Å²) in [5.41, 5.74) is 7.34. The summed E-state index contributed by atoms with van der Waals surface area (Å²) >= 11 is 3.41. The Hall–Kier alpha value is -0.870. The molecule has 0 bridgehead atoms. The largest absolute Gasteiger partial charge is 0.338 e. The third-order valence-corrected chi connectivity index (χ3v) is 3.33. The molecule has 0 saturated carbocycles. The highest BCUT2D eigenvalue weighted by atomic mass is 79.9. The van der Waals surface area contributed by atoms with E-state index in [9.17, 15) is 4.79 Å². The lowest BCUT2D eigenvalue weighted by molar-refractivity contribution is 0.0747. The van der Waals surface area contributed by atoms with E-state index < -0.39 is 0 Å². The van der Waals surface area contributed by atoms with Crippen LogP contribution in [0, 0.1) is 6.92 Å². The summed E-state index contributed by atoms with van der Waals surface area (Å²) in [4.78, 5) is 13.8. The van der Waals surface area contributed by atoms with Crippen LogP contribution in [0.2, 0.25) is 0 Å². The van der Waals surface area contributed by atoms with Crippen molar-refractivity contribution in [2.45, 2.75) is 19.9 Å². The van der Waals surface area contributed by atoms with E-state index in [2.05, 4.69) is 15.9 Å². The van der Waals surface area contributed by atoms with Crippen molar-refractivity contribution in [2.75, 3.05) is 13.6 Å². The van der Waals surface area contributed by atoms with Gasteiger partial charge in [-0.15, -0.1) is 0 Å². The highest BCUT2D eigenvalue weighted by molar-refractivity contribution is 9.10. The van der Waals surface area contributed by atoms with Gasteiger partial charge in [0, 0.05) is 24.1 Å². The molecule has 1 atom stereocenters. The third-order valence-electron chi connectivity index (χ3n) is 2.68. The number of nitrogens with zero attached hydrogens (tertiary/aromatic N) is 1. The minimum absolute atomic E-state index is 0.00942. The number of hydrogen-bond acceptors (Lipinski definition) is 2.